The van der Waals surface area contributed by atoms with Gasteiger partial charge in [-0.25, -0.2) is 0 Å². The highest BCUT2D eigenvalue weighted by atomic mass is 16.2. The molecule has 4 nitrogen and oxygen atoms in total. The average Bonchev–Trinajstić information content (AvgIpc) is 2.67. The molecule has 0 spiro atoms. The Labute approximate surface area is 171 Å². The number of rotatable bonds is 15. The highest BCUT2D eigenvalue weighted by Crippen LogP contribution is 2.10. The number of amides is 2. The van der Waals surface area contributed by atoms with Crippen LogP contribution in [0.25, 0.3) is 0 Å². The molecule has 28 heavy (non-hydrogen) atoms. The van der Waals surface area contributed by atoms with Crippen molar-refractivity contribution in [2.75, 3.05) is 13.1 Å². The van der Waals surface area contributed by atoms with E-state index < -0.39 is 0 Å². The molecule has 2 amide bonds. The van der Waals surface area contributed by atoms with E-state index >= 15 is 0 Å². The summed E-state index contributed by atoms with van der Waals surface area (Å²) in [5.74, 6) is 0.813. The predicted octanol–water partition coefficient (Wildman–Crippen LogP) is 5.26. The van der Waals surface area contributed by atoms with Crippen LogP contribution in [0, 0.1) is 5.92 Å². The maximum Gasteiger partial charge on any atom is 0.251 e. The molecule has 4 heteroatoms. The maximum absolute atomic E-state index is 12.2. The van der Waals surface area contributed by atoms with E-state index in [1.807, 2.05) is 24.3 Å². The first-order valence-corrected chi connectivity index (χ1v) is 11.2. The Morgan fingerprint density at radius 2 is 1.43 bits per heavy atom. The van der Waals surface area contributed by atoms with Crippen LogP contribution < -0.4 is 10.6 Å². The van der Waals surface area contributed by atoms with Gasteiger partial charge < -0.3 is 10.6 Å². The van der Waals surface area contributed by atoms with Gasteiger partial charge in [-0.1, -0.05) is 65.0 Å². The molecule has 0 bridgehead atoms. The van der Waals surface area contributed by atoms with Crippen molar-refractivity contribution in [2.45, 2.75) is 85.0 Å². The van der Waals surface area contributed by atoms with Crippen LogP contribution >= 0.6 is 0 Å². The number of hydrogen-bond donors (Lipinski definition) is 2. The van der Waals surface area contributed by atoms with E-state index in [1.165, 1.54) is 18.4 Å². The van der Waals surface area contributed by atoms with Crippen molar-refractivity contribution in [1.29, 1.82) is 0 Å². The van der Waals surface area contributed by atoms with Gasteiger partial charge in [0.25, 0.3) is 5.91 Å². The Morgan fingerprint density at radius 3 is 2.04 bits per heavy atom. The van der Waals surface area contributed by atoms with E-state index in [0.29, 0.717) is 18.9 Å². The lowest BCUT2D eigenvalue weighted by Gasteiger charge is -2.08. The zero-order valence-corrected chi connectivity index (χ0v) is 18.2. The third kappa shape index (κ3) is 11.8. The number of unbranched alkanes of at least 4 members (excludes halogenated alkanes) is 6. The smallest absolute Gasteiger partial charge is 0.251 e. The highest BCUT2D eigenvalue weighted by molar-refractivity contribution is 5.94. The van der Waals surface area contributed by atoms with Gasteiger partial charge in [-0.05, 0) is 49.3 Å². The maximum atomic E-state index is 12.2. The summed E-state index contributed by atoms with van der Waals surface area (Å²) in [6.07, 6.45) is 10.4. The summed E-state index contributed by atoms with van der Waals surface area (Å²) in [5.41, 5.74) is 2.01. The summed E-state index contributed by atoms with van der Waals surface area (Å²) in [6.45, 7) is 8.04. The molecular formula is C24H40N2O2. The minimum atomic E-state index is 0.00596. The third-order valence-electron chi connectivity index (χ3n) is 4.83. The van der Waals surface area contributed by atoms with Crippen molar-refractivity contribution < 1.29 is 9.59 Å². The largest absolute Gasteiger partial charge is 0.356 e. The molecule has 1 rings (SSSR count). The van der Waals surface area contributed by atoms with E-state index in [0.717, 1.165) is 57.1 Å². The minimum absolute atomic E-state index is 0.00596. The van der Waals surface area contributed by atoms with Gasteiger partial charge in [0.15, 0.2) is 0 Å². The molecular weight excluding hydrogens is 348 g/mol. The number of hydrogen-bond acceptors (Lipinski definition) is 2. The zero-order valence-electron chi connectivity index (χ0n) is 18.2. The van der Waals surface area contributed by atoms with E-state index in [-0.39, 0.29) is 11.8 Å². The molecule has 0 aliphatic rings. The van der Waals surface area contributed by atoms with Crippen molar-refractivity contribution in [3.63, 3.8) is 0 Å². The predicted molar refractivity (Wildman–Crippen MR) is 118 cm³/mol. The van der Waals surface area contributed by atoms with Crippen LogP contribution in [0.15, 0.2) is 24.3 Å². The fourth-order valence-electron chi connectivity index (χ4n) is 3.20. The molecule has 0 aliphatic carbocycles. The lowest BCUT2D eigenvalue weighted by Crippen LogP contribution is -2.25. The summed E-state index contributed by atoms with van der Waals surface area (Å²) in [7, 11) is 0. The summed E-state index contributed by atoms with van der Waals surface area (Å²) < 4.78 is 0. The Bertz CT molecular complexity index is 552. The van der Waals surface area contributed by atoms with Crippen LogP contribution in [-0.4, -0.2) is 24.9 Å². The highest BCUT2D eigenvalue weighted by Gasteiger charge is 2.05. The van der Waals surface area contributed by atoms with Crippen LogP contribution in [0.2, 0.25) is 0 Å². The molecule has 158 valence electrons. The van der Waals surface area contributed by atoms with Gasteiger partial charge >= 0.3 is 0 Å². The first kappa shape index (κ1) is 24.2. The normalized spacial score (nSPS) is 10.9. The van der Waals surface area contributed by atoms with Crippen LogP contribution in [0.1, 0.15) is 94.5 Å². The zero-order chi connectivity index (χ0) is 20.6. The van der Waals surface area contributed by atoms with Crippen LogP contribution in [-0.2, 0) is 11.2 Å². The van der Waals surface area contributed by atoms with Gasteiger partial charge in [0.05, 0.1) is 0 Å². The molecule has 0 atom stereocenters. The number of carbonyl (C=O) groups is 2. The van der Waals surface area contributed by atoms with Gasteiger partial charge in [0.2, 0.25) is 5.91 Å². The molecule has 0 saturated carbocycles. The Hall–Kier alpha value is -1.84. The summed E-state index contributed by atoms with van der Waals surface area (Å²) in [5, 5.41) is 5.99. The van der Waals surface area contributed by atoms with Crippen molar-refractivity contribution in [3.05, 3.63) is 35.4 Å². The summed E-state index contributed by atoms with van der Waals surface area (Å²) in [6, 6.07) is 7.93. The molecule has 1 aromatic rings. The van der Waals surface area contributed by atoms with Gasteiger partial charge in [0, 0.05) is 25.1 Å². The molecule has 0 heterocycles. The van der Waals surface area contributed by atoms with E-state index in [9.17, 15) is 9.59 Å². The monoisotopic (exact) mass is 388 g/mol. The third-order valence-corrected chi connectivity index (χ3v) is 4.83. The second kappa shape index (κ2) is 15.1. The van der Waals surface area contributed by atoms with Crippen molar-refractivity contribution in [1.82, 2.24) is 10.6 Å². The molecule has 0 aliphatic heterocycles. The van der Waals surface area contributed by atoms with Crippen molar-refractivity contribution >= 4 is 11.8 Å². The lowest BCUT2D eigenvalue weighted by atomic mass is 10.0. The first-order chi connectivity index (χ1) is 13.5. The fraction of sp³-hybridized carbons (Fsp3) is 0.667. The van der Waals surface area contributed by atoms with E-state index in [1.54, 1.807) is 0 Å². The number of nitrogens with one attached hydrogen (secondary N) is 2. The molecule has 0 saturated heterocycles. The summed E-state index contributed by atoms with van der Waals surface area (Å²) >= 11 is 0. The minimum Gasteiger partial charge on any atom is -0.356 e. The molecule has 1 aromatic carbocycles. The van der Waals surface area contributed by atoms with Crippen molar-refractivity contribution in [2.24, 2.45) is 5.92 Å². The van der Waals surface area contributed by atoms with Gasteiger partial charge in [-0.2, -0.15) is 0 Å². The Balaban J connectivity index is 2.02. The standard InChI is InChI=1S/C24H40N2O2/c1-4-5-6-9-12-23(27)25-17-10-7-8-11-18-26-24(28)22-15-13-21(14-16-22)19-20(2)3/h13-16,20H,4-12,17-19H2,1-3H3,(H,25,27)(H,26,28). The van der Waals surface area contributed by atoms with Crippen LogP contribution in [0.5, 0.6) is 0 Å². The quantitative estimate of drug-likeness (QED) is 0.403. The first-order valence-electron chi connectivity index (χ1n) is 11.2. The SMILES string of the molecule is CCCCCCC(=O)NCCCCCCNC(=O)c1ccc(CC(C)C)cc1. The fourth-order valence-corrected chi connectivity index (χ4v) is 3.20. The average molecular weight is 389 g/mol. The molecule has 2 N–H and O–H groups in total. The molecule has 0 fully saturated rings. The second-order valence-electron chi connectivity index (χ2n) is 8.13. The topological polar surface area (TPSA) is 58.2 Å². The van der Waals surface area contributed by atoms with Crippen molar-refractivity contribution in [3.8, 4) is 0 Å². The number of carbonyl (C=O) groups excluding carboxylic acids is 2. The van der Waals surface area contributed by atoms with Gasteiger partial charge in [-0.3, -0.25) is 9.59 Å². The Kier molecular flexibility index (Phi) is 13.1. The Morgan fingerprint density at radius 1 is 0.821 bits per heavy atom. The van der Waals surface area contributed by atoms with E-state index in [2.05, 4.69) is 31.4 Å². The van der Waals surface area contributed by atoms with Crippen LogP contribution in [0.3, 0.4) is 0 Å². The van der Waals surface area contributed by atoms with Gasteiger partial charge in [0.1, 0.15) is 0 Å². The molecule has 0 aromatic heterocycles. The lowest BCUT2D eigenvalue weighted by molar-refractivity contribution is -0.121. The molecule has 0 unspecified atom stereocenters. The van der Waals surface area contributed by atoms with Gasteiger partial charge in [-0.15, -0.1) is 0 Å². The summed E-state index contributed by atoms with van der Waals surface area (Å²) in [4.78, 5) is 23.8. The molecule has 0 radical (unpaired) electrons. The van der Waals surface area contributed by atoms with E-state index in [4.69, 9.17) is 0 Å². The number of benzene rings is 1. The second-order valence-corrected chi connectivity index (χ2v) is 8.13. The van der Waals surface area contributed by atoms with Crippen LogP contribution in [0.4, 0.5) is 0 Å².